The molecule has 0 unspecified atom stereocenters. The van der Waals surface area contributed by atoms with Gasteiger partial charge >= 0.3 is 0 Å². The van der Waals surface area contributed by atoms with E-state index < -0.39 is 0 Å². The Hall–Kier alpha value is 0. The van der Waals surface area contributed by atoms with Crippen molar-refractivity contribution >= 4 is 0 Å². The lowest BCUT2D eigenvalue weighted by atomic mass is 9.25. The van der Waals surface area contributed by atoms with E-state index in [2.05, 4.69) is 41.5 Å². The van der Waals surface area contributed by atoms with Crippen molar-refractivity contribution in [3.63, 3.8) is 0 Å². The van der Waals surface area contributed by atoms with Gasteiger partial charge in [0, 0.05) is 0 Å². The predicted molar refractivity (Wildman–Crippen MR) is 109 cm³/mol. The molecule has 8 rings (SSSR count). The number of hydrogen-bond acceptors (Lipinski definition) is 0. The first-order chi connectivity index (χ1) is 11.7. The molecule has 0 heteroatoms. The minimum Gasteiger partial charge on any atom is -0.0596 e. The molecule has 0 aromatic carbocycles. The maximum Gasteiger partial charge on any atom is -0.0225 e. The van der Waals surface area contributed by atoms with Crippen LogP contribution < -0.4 is 0 Å². The molecule has 26 heavy (non-hydrogen) atoms. The van der Waals surface area contributed by atoms with E-state index in [0.29, 0.717) is 43.3 Å². The Morgan fingerprint density at radius 1 is 0.269 bits per heavy atom. The molecule has 8 fully saturated rings. The van der Waals surface area contributed by atoms with Crippen LogP contribution in [0.25, 0.3) is 0 Å². The topological polar surface area (TPSA) is 0 Å². The summed E-state index contributed by atoms with van der Waals surface area (Å²) in [5.74, 6) is 0. The summed E-state index contributed by atoms with van der Waals surface area (Å²) in [6, 6.07) is 0. The van der Waals surface area contributed by atoms with Crippen molar-refractivity contribution in [1.82, 2.24) is 0 Å². The van der Waals surface area contributed by atoms with Crippen molar-refractivity contribution in [3.05, 3.63) is 0 Å². The van der Waals surface area contributed by atoms with Crippen LogP contribution in [0, 0.1) is 43.3 Å². The molecule has 146 valence electrons. The second-order valence-electron chi connectivity index (χ2n) is 15.5. The van der Waals surface area contributed by atoms with Crippen molar-refractivity contribution in [1.29, 1.82) is 0 Å². The Morgan fingerprint density at radius 3 is 0.577 bits per heavy atom. The SMILES string of the molecule is CC12CC3(C)CC(C)(C1)CC(C14CC5(C)CC(C)(CC(C)(C5)C1)C4)(C2)C3. The molecule has 0 atom stereocenters. The van der Waals surface area contributed by atoms with Gasteiger partial charge in [0.2, 0.25) is 0 Å². The van der Waals surface area contributed by atoms with E-state index in [9.17, 15) is 0 Å². The van der Waals surface area contributed by atoms with Crippen LogP contribution in [0.1, 0.15) is 119 Å². The van der Waals surface area contributed by atoms with Crippen LogP contribution in [-0.4, -0.2) is 0 Å². The van der Waals surface area contributed by atoms with E-state index in [1.807, 2.05) is 0 Å². The van der Waals surface area contributed by atoms with E-state index in [1.54, 1.807) is 38.5 Å². The van der Waals surface area contributed by atoms with Gasteiger partial charge in [0.25, 0.3) is 0 Å². The van der Waals surface area contributed by atoms with Gasteiger partial charge in [-0.3, -0.25) is 0 Å². The lowest BCUT2D eigenvalue weighted by Crippen LogP contribution is -2.69. The summed E-state index contributed by atoms with van der Waals surface area (Å²) in [5.41, 5.74) is 5.20. The zero-order valence-corrected chi connectivity index (χ0v) is 18.5. The van der Waals surface area contributed by atoms with E-state index in [4.69, 9.17) is 0 Å². The van der Waals surface area contributed by atoms with Gasteiger partial charge in [0.1, 0.15) is 0 Å². The van der Waals surface area contributed by atoms with Crippen LogP contribution >= 0.6 is 0 Å². The normalized spacial score (nSPS) is 70.8. The zero-order chi connectivity index (χ0) is 18.5. The van der Waals surface area contributed by atoms with Gasteiger partial charge in [0.15, 0.2) is 0 Å². The predicted octanol–water partition coefficient (Wildman–Crippen LogP) is 7.76. The maximum atomic E-state index is 2.70. The van der Waals surface area contributed by atoms with Gasteiger partial charge in [-0.2, -0.15) is 0 Å². The fraction of sp³-hybridized carbons (Fsp3) is 1.00. The molecule has 0 nitrogen and oxygen atoms in total. The molecule has 0 aromatic heterocycles. The van der Waals surface area contributed by atoms with Gasteiger partial charge in [-0.15, -0.1) is 0 Å². The first-order valence-corrected chi connectivity index (χ1v) is 11.7. The number of rotatable bonds is 1. The third-order valence-electron chi connectivity index (χ3n) is 10.8. The maximum absolute atomic E-state index is 2.70. The largest absolute Gasteiger partial charge is 0.0596 e. The minimum absolute atomic E-state index is 0.643. The van der Waals surface area contributed by atoms with Crippen LogP contribution in [0.2, 0.25) is 0 Å². The van der Waals surface area contributed by atoms with Gasteiger partial charge in [0.05, 0.1) is 0 Å². The molecule has 0 heterocycles. The molecule has 0 radical (unpaired) electrons. The molecular formula is C26H42. The van der Waals surface area contributed by atoms with Crippen LogP contribution in [-0.2, 0) is 0 Å². The lowest BCUT2D eigenvalue weighted by Gasteiger charge is -2.79. The van der Waals surface area contributed by atoms with Crippen LogP contribution in [0.5, 0.6) is 0 Å². The highest BCUT2D eigenvalue weighted by atomic mass is 14.8. The van der Waals surface area contributed by atoms with E-state index in [-0.39, 0.29) is 0 Å². The average molecular weight is 355 g/mol. The third-order valence-corrected chi connectivity index (χ3v) is 10.8. The molecule has 8 aliphatic rings. The highest BCUT2D eigenvalue weighted by Gasteiger charge is 2.74. The van der Waals surface area contributed by atoms with Crippen molar-refractivity contribution < 1.29 is 0 Å². The zero-order valence-electron chi connectivity index (χ0n) is 18.5. The van der Waals surface area contributed by atoms with Crippen molar-refractivity contribution in [2.45, 2.75) is 119 Å². The Kier molecular flexibility index (Phi) is 2.60. The molecule has 0 aromatic rings. The molecular weight excluding hydrogens is 312 g/mol. The Bertz CT molecular complexity index is 530. The van der Waals surface area contributed by atoms with Gasteiger partial charge < -0.3 is 0 Å². The van der Waals surface area contributed by atoms with Crippen LogP contribution in [0.15, 0.2) is 0 Å². The average Bonchev–Trinajstić information content (AvgIpc) is 2.25. The monoisotopic (exact) mass is 354 g/mol. The summed E-state index contributed by atoms with van der Waals surface area (Å²) in [6.07, 6.45) is 18.6. The Balaban J connectivity index is 1.53. The minimum atomic E-state index is 0.643. The highest BCUT2D eigenvalue weighted by Crippen LogP contribution is 2.85. The molecule has 8 saturated carbocycles. The molecule has 0 amide bonds. The summed E-state index contributed by atoms with van der Waals surface area (Å²) in [4.78, 5) is 0. The third kappa shape index (κ3) is 1.94. The van der Waals surface area contributed by atoms with Gasteiger partial charge in [-0.05, 0) is 120 Å². The van der Waals surface area contributed by atoms with Gasteiger partial charge in [-0.25, -0.2) is 0 Å². The van der Waals surface area contributed by atoms with Crippen LogP contribution in [0.3, 0.4) is 0 Å². The lowest BCUT2D eigenvalue weighted by molar-refractivity contribution is -0.293. The smallest absolute Gasteiger partial charge is 0.0225 e. The summed E-state index contributed by atoms with van der Waals surface area (Å²) >= 11 is 0. The van der Waals surface area contributed by atoms with Crippen molar-refractivity contribution in [2.24, 2.45) is 43.3 Å². The first-order valence-electron chi connectivity index (χ1n) is 11.7. The molecule has 0 aliphatic heterocycles. The Labute approximate surface area is 162 Å². The quantitative estimate of drug-likeness (QED) is 0.451. The van der Waals surface area contributed by atoms with Crippen molar-refractivity contribution in [3.8, 4) is 0 Å². The molecule has 0 spiro atoms. The van der Waals surface area contributed by atoms with Crippen molar-refractivity contribution in [2.75, 3.05) is 0 Å². The summed E-state index contributed by atoms with van der Waals surface area (Å²) in [5, 5.41) is 0. The standard InChI is InChI=1S/C26H42/c1-19-7-20(2)9-21(3,8-19)15-25(13-19,14-20)26-16-22(4)10-23(5,17-26)12-24(6,11-22)18-26/h7-18H2,1-6H3. The molecule has 8 bridgehead atoms. The van der Waals surface area contributed by atoms with E-state index >= 15 is 0 Å². The number of hydrogen-bond donors (Lipinski definition) is 0. The fourth-order valence-electron chi connectivity index (χ4n) is 13.7. The molecule has 8 aliphatic carbocycles. The first kappa shape index (κ1) is 16.9. The highest BCUT2D eigenvalue weighted by molar-refractivity contribution is 5.24. The van der Waals surface area contributed by atoms with Crippen LogP contribution in [0.4, 0.5) is 0 Å². The van der Waals surface area contributed by atoms with Gasteiger partial charge in [-0.1, -0.05) is 41.5 Å². The summed E-state index contributed by atoms with van der Waals surface area (Å²) in [7, 11) is 0. The second-order valence-corrected chi connectivity index (χ2v) is 15.5. The molecule has 0 N–H and O–H groups in total. The Morgan fingerprint density at radius 2 is 0.423 bits per heavy atom. The fourth-order valence-corrected chi connectivity index (χ4v) is 13.7. The molecule has 0 saturated heterocycles. The van der Waals surface area contributed by atoms with E-state index in [1.165, 1.54) is 38.5 Å². The summed E-state index contributed by atoms with van der Waals surface area (Å²) < 4.78 is 0. The second kappa shape index (κ2) is 4.00. The van der Waals surface area contributed by atoms with E-state index in [0.717, 1.165) is 0 Å². The summed E-state index contributed by atoms with van der Waals surface area (Å²) in [6.45, 7) is 16.2.